The molecule has 0 bridgehead atoms. The molecule has 1 aromatic rings. The highest BCUT2D eigenvalue weighted by Crippen LogP contribution is 2.11. The second kappa shape index (κ2) is 41.9. The molecule has 0 saturated carbocycles. The smallest absolute Gasteiger partial charge is 0.305 e. The molecule has 0 aliphatic rings. The molecule has 85 heavy (non-hydrogen) atoms. The van der Waals surface area contributed by atoms with Crippen LogP contribution in [0.3, 0.4) is 0 Å². The average molecular weight is 1210 g/mol. The number of alkyl halides is 1. The molecule has 0 fully saturated rings. The van der Waals surface area contributed by atoms with Crippen LogP contribution >= 0.6 is 0 Å². The molecule has 0 aromatic carbocycles. The Bertz CT molecular complexity index is 2360. The summed E-state index contributed by atoms with van der Waals surface area (Å²) in [7, 11) is 0. The number of nitrogens with two attached hydrogens (primary N) is 5. The van der Waals surface area contributed by atoms with Crippen LogP contribution in [0, 0.1) is 5.92 Å². The lowest BCUT2D eigenvalue weighted by atomic mass is 10.0. The quantitative estimate of drug-likeness (QED) is 0.0271. The minimum atomic E-state index is -1.92. The van der Waals surface area contributed by atoms with Crippen molar-refractivity contribution in [3.8, 4) is 0 Å². The van der Waals surface area contributed by atoms with E-state index in [9.17, 15) is 82.0 Å². The van der Waals surface area contributed by atoms with Crippen LogP contribution in [-0.4, -0.2) is 195 Å². The standard InChI is InChI=1S/C51H88FN17O16/c1-29(2)43(66-49(83)35(17-18-40(72)73)64-50(84)37(25-42(76)77)60-39(71)28-69-27-30(67-68-69)12-11-19-52)51(85)65-36(24-41(74)75)45(79)58-26-38(70)59-32(14-4-8-21-54)46(80)62-34(16-6-10-23-56)48(82)63-33(15-5-9-22-55)47(81)61-31(44(57)78)13-3-7-20-53/h27,29,31-37,43H,3-26,28,53-56H2,1-2H3,(H2,57,78)(H,58,79)(H,59,70)(H,60,71)(H,61,81)(H,62,80)(H,63,82)(H,64,84)(H,65,85)(H,66,83)(H,72,73)(H,74,75)(H,76,77)/t31-,32-,33-,34-,35-,36-,37-,43-/m0/s1. The third-order valence-electron chi connectivity index (χ3n) is 12.8. The van der Waals surface area contributed by atoms with Crippen LogP contribution in [0.15, 0.2) is 6.20 Å². The van der Waals surface area contributed by atoms with Gasteiger partial charge < -0.3 is 91.8 Å². The number of carboxylic acid groups (broad SMARTS) is 3. The number of nitrogens with zero attached hydrogens (tertiary/aromatic N) is 3. The molecule has 8 atom stereocenters. The lowest BCUT2D eigenvalue weighted by molar-refractivity contribution is -0.142. The number of unbranched alkanes of at least 4 members (excludes halogenated alkanes) is 4. The third kappa shape index (κ3) is 31.5. The molecule has 0 radical (unpaired) electrons. The van der Waals surface area contributed by atoms with E-state index < -0.39 is 177 Å². The van der Waals surface area contributed by atoms with Gasteiger partial charge in [0.05, 0.1) is 31.8 Å². The van der Waals surface area contributed by atoms with Gasteiger partial charge in [-0.2, -0.15) is 0 Å². The molecular formula is C51H88FN17O16. The van der Waals surface area contributed by atoms with E-state index in [4.69, 9.17) is 28.7 Å². The van der Waals surface area contributed by atoms with Crippen molar-refractivity contribution in [1.82, 2.24) is 62.8 Å². The van der Waals surface area contributed by atoms with Gasteiger partial charge in [0.15, 0.2) is 0 Å². The van der Waals surface area contributed by atoms with Crippen molar-refractivity contribution >= 4 is 77.0 Å². The monoisotopic (exact) mass is 1210 g/mol. The van der Waals surface area contributed by atoms with Crippen molar-refractivity contribution < 1.29 is 82.0 Å². The molecule has 0 spiro atoms. The highest BCUT2D eigenvalue weighted by molar-refractivity contribution is 5.99. The van der Waals surface area contributed by atoms with E-state index in [2.05, 4.69) is 58.2 Å². The van der Waals surface area contributed by atoms with Crippen LogP contribution in [0.2, 0.25) is 0 Å². The minimum Gasteiger partial charge on any atom is -0.481 e. The number of nitrogens with one attached hydrogen (secondary N) is 9. The van der Waals surface area contributed by atoms with Crippen LogP contribution < -0.4 is 76.5 Å². The number of carboxylic acids is 3. The zero-order chi connectivity index (χ0) is 64.0. The van der Waals surface area contributed by atoms with Crippen LogP contribution in [0.1, 0.15) is 129 Å². The second-order valence-electron chi connectivity index (χ2n) is 20.4. The second-order valence-corrected chi connectivity index (χ2v) is 20.4. The van der Waals surface area contributed by atoms with Gasteiger partial charge in [0, 0.05) is 12.6 Å². The van der Waals surface area contributed by atoms with E-state index in [1.54, 1.807) is 0 Å². The number of aliphatic carboxylic acids is 3. The Labute approximate surface area is 490 Å². The van der Waals surface area contributed by atoms with Crippen molar-refractivity contribution in [3.63, 3.8) is 0 Å². The van der Waals surface area contributed by atoms with Gasteiger partial charge in [-0.3, -0.25) is 66.7 Å². The maximum absolute atomic E-state index is 14.0. The Balaban J connectivity index is 3.32. The number of carbonyl (C=O) groups excluding carboxylic acids is 10. The van der Waals surface area contributed by atoms with Gasteiger partial charge in [-0.1, -0.05) is 19.1 Å². The van der Waals surface area contributed by atoms with Gasteiger partial charge >= 0.3 is 17.9 Å². The molecule has 1 aromatic heterocycles. The molecule has 22 N–H and O–H groups in total. The van der Waals surface area contributed by atoms with Crippen molar-refractivity contribution in [2.75, 3.05) is 39.4 Å². The van der Waals surface area contributed by atoms with Crippen molar-refractivity contribution in [1.29, 1.82) is 0 Å². The first-order chi connectivity index (χ1) is 40.3. The summed E-state index contributed by atoms with van der Waals surface area (Å²) in [6.45, 7) is 1.83. The zero-order valence-electron chi connectivity index (χ0n) is 48.2. The summed E-state index contributed by atoms with van der Waals surface area (Å²) >= 11 is 0. The van der Waals surface area contributed by atoms with Gasteiger partial charge in [-0.15, -0.1) is 5.10 Å². The SMILES string of the molecule is CC(C)[C@H](NC(=O)[C@H](CCC(=O)O)NC(=O)[C@H](CC(=O)O)NC(=O)Cn1cc(CCCF)nn1)C(=O)N[C@@H](CC(=O)O)C(=O)NCC(=O)N[C@@H](CCCCN)C(=O)N[C@@H](CCCCN)C(=O)N[C@@H](CCCCN)C(=O)N[C@@H](CCCCN)C(N)=O. The van der Waals surface area contributed by atoms with Crippen LogP contribution in [-0.2, 0) is 75.3 Å². The Hall–Kier alpha value is -7.98. The van der Waals surface area contributed by atoms with Gasteiger partial charge in [0.2, 0.25) is 59.1 Å². The molecule has 0 saturated heterocycles. The fourth-order valence-electron chi connectivity index (χ4n) is 8.21. The van der Waals surface area contributed by atoms with Crippen molar-refractivity contribution in [2.24, 2.45) is 34.6 Å². The van der Waals surface area contributed by atoms with Crippen LogP contribution in [0.4, 0.5) is 4.39 Å². The number of primary amides is 1. The molecule has 0 aliphatic heterocycles. The van der Waals surface area contributed by atoms with E-state index in [1.807, 2.05) is 0 Å². The first kappa shape index (κ1) is 75.0. The summed E-state index contributed by atoms with van der Waals surface area (Å²) in [4.78, 5) is 170. The summed E-state index contributed by atoms with van der Waals surface area (Å²) in [6, 6.07) is -12.1. The number of hydrogen-bond acceptors (Lipinski definition) is 19. The van der Waals surface area contributed by atoms with Crippen LogP contribution in [0.25, 0.3) is 0 Å². The summed E-state index contributed by atoms with van der Waals surface area (Å²) in [5, 5.41) is 57.7. The van der Waals surface area contributed by atoms with E-state index in [0.717, 1.165) is 4.68 Å². The Kier molecular flexibility index (Phi) is 37.0. The van der Waals surface area contributed by atoms with E-state index >= 15 is 0 Å². The van der Waals surface area contributed by atoms with Gasteiger partial charge in [-0.05, 0) is 128 Å². The number of aromatic nitrogens is 3. The lowest BCUT2D eigenvalue weighted by Gasteiger charge is -2.27. The summed E-state index contributed by atoms with van der Waals surface area (Å²) in [6.07, 6.45) is 1.90. The molecule has 0 aliphatic carbocycles. The zero-order valence-corrected chi connectivity index (χ0v) is 48.2. The lowest BCUT2D eigenvalue weighted by Crippen LogP contribution is -2.60. The fraction of sp³-hybridized carbons (Fsp3) is 0.706. The van der Waals surface area contributed by atoms with E-state index in [-0.39, 0.29) is 64.6 Å². The summed E-state index contributed by atoms with van der Waals surface area (Å²) in [5.74, 6) is -15.3. The summed E-state index contributed by atoms with van der Waals surface area (Å²) in [5.41, 5.74) is 28.6. The molecule has 480 valence electrons. The number of halogens is 1. The molecule has 33 nitrogen and oxygen atoms in total. The van der Waals surface area contributed by atoms with E-state index in [0.29, 0.717) is 57.2 Å². The number of amides is 10. The highest BCUT2D eigenvalue weighted by atomic mass is 19.1. The molecule has 0 unspecified atom stereocenters. The number of aryl methyl sites for hydroxylation is 1. The number of hydrogen-bond donors (Lipinski definition) is 17. The molecule has 1 heterocycles. The molecular weight excluding hydrogens is 1130 g/mol. The van der Waals surface area contributed by atoms with Gasteiger partial charge in [-0.25, -0.2) is 4.68 Å². The van der Waals surface area contributed by atoms with E-state index in [1.165, 1.54) is 20.0 Å². The third-order valence-corrected chi connectivity index (χ3v) is 12.8. The first-order valence-electron chi connectivity index (χ1n) is 28.2. The van der Waals surface area contributed by atoms with Gasteiger partial charge in [0.1, 0.15) is 54.9 Å². The number of rotatable bonds is 47. The van der Waals surface area contributed by atoms with Crippen LogP contribution in [0.5, 0.6) is 0 Å². The molecule has 34 heteroatoms. The Morgan fingerprint density at radius 3 is 1.33 bits per heavy atom. The summed E-state index contributed by atoms with van der Waals surface area (Å²) < 4.78 is 13.7. The van der Waals surface area contributed by atoms with Crippen molar-refractivity contribution in [2.45, 2.75) is 184 Å². The Morgan fingerprint density at radius 2 is 0.894 bits per heavy atom. The largest absolute Gasteiger partial charge is 0.481 e. The first-order valence-corrected chi connectivity index (χ1v) is 28.2. The topological polar surface area (TPSA) is 552 Å². The predicted octanol–water partition coefficient (Wildman–Crippen LogP) is -5.35. The maximum atomic E-state index is 14.0. The molecule has 10 amide bonds. The minimum absolute atomic E-state index is 0.0283. The normalized spacial score (nSPS) is 13.9. The highest BCUT2D eigenvalue weighted by Gasteiger charge is 2.36. The maximum Gasteiger partial charge on any atom is 0.305 e. The average Bonchev–Trinajstić information content (AvgIpc) is 4.10. The van der Waals surface area contributed by atoms with Gasteiger partial charge in [0.25, 0.3) is 0 Å². The Morgan fingerprint density at radius 1 is 0.494 bits per heavy atom. The number of carbonyl (C=O) groups is 13. The molecule has 1 rings (SSSR count). The fourth-order valence-corrected chi connectivity index (χ4v) is 8.21. The van der Waals surface area contributed by atoms with Crippen molar-refractivity contribution in [3.05, 3.63) is 11.9 Å². The predicted molar refractivity (Wildman–Crippen MR) is 300 cm³/mol.